The van der Waals surface area contributed by atoms with Gasteiger partial charge in [-0.25, -0.2) is 13.2 Å². The van der Waals surface area contributed by atoms with E-state index in [-0.39, 0.29) is 5.75 Å². The Kier molecular flexibility index (Phi) is 5.76. The van der Waals surface area contributed by atoms with Crippen LogP contribution in [0.2, 0.25) is 0 Å². The zero-order valence-corrected chi connectivity index (χ0v) is 14.2. The van der Waals surface area contributed by atoms with Gasteiger partial charge in [0, 0.05) is 5.69 Å². The molecule has 5 nitrogen and oxygen atoms in total. The highest BCUT2D eigenvalue weighted by Gasteiger charge is 2.10. The molecule has 0 saturated heterocycles. The van der Waals surface area contributed by atoms with E-state index < -0.39 is 16.0 Å². The maximum absolute atomic E-state index is 12.1. The van der Waals surface area contributed by atoms with Crippen LogP contribution in [0.15, 0.2) is 55.1 Å². The van der Waals surface area contributed by atoms with Gasteiger partial charge in [0.25, 0.3) is 0 Å². The monoisotopic (exact) mass is 345 g/mol. The molecule has 0 saturated carbocycles. The van der Waals surface area contributed by atoms with Crippen LogP contribution in [0.5, 0.6) is 5.75 Å². The predicted octanol–water partition coefficient (Wildman–Crippen LogP) is 3.70. The molecular weight excluding hydrogens is 326 g/mol. The van der Waals surface area contributed by atoms with Crippen LogP contribution in [0.25, 0.3) is 6.08 Å². The van der Waals surface area contributed by atoms with Crippen LogP contribution in [-0.2, 0) is 10.0 Å². The molecule has 0 radical (unpaired) electrons. The summed E-state index contributed by atoms with van der Waals surface area (Å²) in [6, 6.07) is 13.1. The zero-order chi connectivity index (χ0) is 17.6. The van der Waals surface area contributed by atoms with E-state index in [4.69, 9.17) is 4.74 Å². The van der Waals surface area contributed by atoms with Gasteiger partial charge in [-0.15, -0.1) is 0 Å². The number of rotatable bonds is 7. The summed E-state index contributed by atoms with van der Waals surface area (Å²) in [7, 11) is -3.34. The number of hydrogen-bond acceptors (Lipinski definition) is 4. The van der Waals surface area contributed by atoms with Gasteiger partial charge in [0.2, 0.25) is 10.0 Å². The molecule has 2 aromatic rings. The summed E-state index contributed by atoms with van der Waals surface area (Å²) in [6.45, 7) is 5.45. The van der Waals surface area contributed by atoms with Gasteiger partial charge in [0.15, 0.2) is 0 Å². The van der Waals surface area contributed by atoms with Crippen molar-refractivity contribution in [3.63, 3.8) is 0 Å². The zero-order valence-electron chi connectivity index (χ0n) is 13.4. The number of carbonyl (C=O) groups is 1. The minimum Gasteiger partial charge on any atom is -0.423 e. The molecule has 0 heterocycles. The molecule has 0 spiro atoms. The van der Waals surface area contributed by atoms with Crippen molar-refractivity contribution in [3.05, 3.63) is 66.2 Å². The molecule has 0 aliphatic heterocycles. The maximum Gasteiger partial charge on any atom is 0.343 e. The van der Waals surface area contributed by atoms with Crippen molar-refractivity contribution in [2.45, 2.75) is 13.3 Å². The second-order valence-electron chi connectivity index (χ2n) is 5.16. The number of ether oxygens (including phenoxy) is 1. The van der Waals surface area contributed by atoms with Gasteiger partial charge >= 0.3 is 5.97 Å². The van der Waals surface area contributed by atoms with Gasteiger partial charge in [-0.1, -0.05) is 31.7 Å². The van der Waals surface area contributed by atoms with Crippen LogP contribution < -0.4 is 9.46 Å². The fourth-order valence-electron chi connectivity index (χ4n) is 2.01. The lowest BCUT2D eigenvalue weighted by atomic mass is 10.1. The molecule has 2 aromatic carbocycles. The van der Waals surface area contributed by atoms with E-state index >= 15 is 0 Å². The summed E-state index contributed by atoms with van der Waals surface area (Å²) in [5.41, 5.74) is 1.77. The number of nitrogens with one attached hydrogen (secondary N) is 1. The molecule has 0 atom stereocenters. The lowest BCUT2D eigenvalue weighted by molar-refractivity contribution is 0.0735. The Balaban J connectivity index is 2.02. The number of carbonyl (C=O) groups excluding carboxylic acids is 1. The van der Waals surface area contributed by atoms with Gasteiger partial charge in [0.05, 0.1) is 11.3 Å². The number of anilines is 1. The topological polar surface area (TPSA) is 72.5 Å². The minimum atomic E-state index is -3.34. The largest absolute Gasteiger partial charge is 0.423 e. The molecule has 0 bridgehead atoms. The van der Waals surface area contributed by atoms with Gasteiger partial charge < -0.3 is 4.74 Å². The second kappa shape index (κ2) is 7.79. The molecule has 126 valence electrons. The Morgan fingerprint density at radius 2 is 1.75 bits per heavy atom. The third-order valence-electron chi connectivity index (χ3n) is 3.19. The summed E-state index contributed by atoms with van der Waals surface area (Å²) in [5, 5.41) is 0. The van der Waals surface area contributed by atoms with Crippen LogP contribution in [0, 0.1) is 0 Å². The van der Waals surface area contributed by atoms with Crippen molar-refractivity contribution in [3.8, 4) is 5.75 Å². The Bertz CT molecular complexity index is 809. The molecule has 6 heteroatoms. The van der Waals surface area contributed by atoms with Crippen LogP contribution in [-0.4, -0.2) is 20.1 Å². The maximum atomic E-state index is 12.1. The Morgan fingerprint density at radius 3 is 2.29 bits per heavy atom. The standard InChI is InChI=1S/C18H19NO4S/c1-3-13-24(21,22)19-16-9-11-17(12-10-16)23-18(20)15-7-5-14(4-2)6-8-15/h4-12,19H,2-3,13H2,1H3. The highest BCUT2D eigenvalue weighted by atomic mass is 32.2. The molecule has 0 aliphatic carbocycles. The summed E-state index contributed by atoms with van der Waals surface area (Å²) < 4.78 is 31.1. The summed E-state index contributed by atoms with van der Waals surface area (Å²) in [6.07, 6.45) is 2.23. The summed E-state index contributed by atoms with van der Waals surface area (Å²) >= 11 is 0. The van der Waals surface area contributed by atoms with E-state index in [0.717, 1.165) is 5.56 Å². The highest BCUT2D eigenvalue weighted by molar-refractivity contribution is 7.92. The van der Waals surface area contributed by atoms with Gasteiger partial charge in [-0.2, -0.15) is 0 Å². The van der Waals surface area contributed by atoms with E-state index in [2.05, 4.69) is 11.3 Å². The van der Waals surface area contributed by atoms with Crippen molar-refractivity contribution < 1.29 is 17.9 Å². The van der Waals surface area contributed by atoms with Crippen LogP contribution in [0.4, 0.5) is 5.69 Å². The first-order valence-electron chi connectivity index (χ1n) is 7.49. The van der Waals surface area contributed by atoms with Crippen LogP contribution >= 0.6 is 0 Å². The van der Waals surface area contributed by atoms with E-state index in [1.54, 1.807) is 61.5 Å². The average Bonchev–Trinajstić information content (AvgIpc) is 2.56. The number of benzene rings is 2. The fourth-order valence-corrected chi connectivity index (χ4v) is 3.15. The number of esters is 1. The molecule has 0 unspecified atom stereocenters. The molecule has 0 fully saturated rings. The fraction of sp³-hybridized carbons (Fsp3) is 0.167. The average molecular weight is 345 g/mol. The van der Waals surface area contributed by atoms with E-state index in [0.29, 0.717) is 23.4 Å². The number of sulfonamides is 1. The van der Waals surface area contributed by atoms with E-state index in [9.17, 15) is 13.2 Å². The quantitative estimate of drug-likeness (QED) is 0.613. The highest BCUT2D eigenvalue weighted by Crippen LogP contribution is 2.18. The Labute approximate surface area is 142 Å². The van der Waals surface area contributed by atoms with Crippen LogP contribution in [0.3, 0.4) is 0 Å². The summed E-state index contributed by atoms with van der Waals surface area (Å²) in [5.74, 6) is -0.0825. The van der Waals surface area contributed by atoms with Crippen molar-refractivity contribution in [2.24, 2.45) is 0 Å². The third-order valence-corrected chi connectivity index (χ3v) is 4.69. The molecule has 2 rings (SSSR count). The third kappa shape index (κ3) is 4.96. The molecule has 0 aromatic heterocycles. The first-order chi connectivity index (χ1) is 11.4. The molecule has 24 heavy (non-hydrogen) atoms. The normalized spacial score (nSPS) is 10.9. The molecule has 0 aliphatic rings. The van der Waals surface area contributed by atoms with Gasteiger partial charge in [0.1, 0.15) is 5.75 Å². The van der Waals surface area contributed by atoms with Crippen molar-refractivity contribution in [1.82, 2.24) is 0 Å². The molecule has 0 amide bonds. The lowest BCUT2D eigenvalue weighted by Crippen LogP contribution is -2.16. The lowest BCUT2D eigenvalue weighted by Gasteiger charge is -2.08. The van der Waals surface area contributed by atoms with E-state index in [1.165, 1.54) is 0 Å². The SMILES string of the molecule is C=Cc1ccc(C(=O)Oc2ccc(NS(=O)(=O)CCC)cc2)cc1. The van der Waals surface area contributed by atoms with Gasteiger partial charge in [-0.05, 0) is 48.4 Å². The predicted molar refractivity (Wildman–Crippen MR) is 95.6 cm³/mol. The first-order valence-corrected chi connectivity index (χ1v) is 9.14. The first kappa shape index (κ1) is 17.7. The Morgan fingerprint density at radius 1 is 1.12 bits per heavy atom. The van der Waals surface area contributed by atoms with E-state index in [1.807, 2.05) is 0 Å². The smallest absolute Gasteiger partial charge is 0.343 e. The second-order valence-corrected chi connectivity index (χ2v) is 7.00. The Hall–Kier alpha value is -2.60. The van der Waals surface area contributed by atoms with Crippen LogP contribution in [0.1, 0.15) is 29.3 Å². The minimum absolute atomic E-state index is 0.0600. The van der Waals surface area contributed by atoms with Crippen molar-refractivity contribution >= 4 is 27.8 Å². The van der Waals surface area contributed by atoms with Gasteiger partial charge in [-0.3, -0.25) is 4.72 Å². The number of hydrogen-bond donors (Lipinski definition) is 1. The van der Waals surface area contributed by atoms with Crippen molar-refractivity contribution in [2.75, 3.05) is 10.5 Å². The summed E-state index contributed by atoms with van der Waals surface area (Å²) in [4.78, 5) is 12.1. The molecular formula is C18H19NO4S. The van der Waals surface area contributed by atoms with Crippen molar-refractivity contribution in [1.29, 1.82) is 0 Å². The molecule has 1 N–H and O–H groups in total.